The fourth-order valence-corrected chi connectivity index (χ4v) is 3.96. The number of aromatic nitrogens is 1. The summed E-state index contributed by atoms with van der Waals surface area (Å²) in [5.74, 6) is -0.433. The van der Waals surface area contributed by atoms with Crippen LogP contribution < -0.4 is 0 Å². The molecular weight excluding hydrogens is 321 g/mol. The summed E-state index contributed by atoms with van der Waals surface area (Å²) in [6.45, 7) is 2.77. The molecule has 0 aliphatic carbocycles. The second kappa shape index (κ2) is 6.50. The summed E-state index contributed by atoms with van der Waals surface area (Å²) in [7, 11) is 0. The van der Waals surface area contributed by atoms with Crippen molar-refractivity contribution in [3.63, 3.8) is 0 Å². The first-order valence-electron chi connectivity index (χ1n) is 8.99. The summed E-state index contributed by atoms with van der Waals surface area (Å²) in [5, 5.41) is 0.424. The van der Waals surface area contributed by atoms with Crippen LogP contribution in [0, 0.1) is 11.7 Å². The van der Waals surface area contributed by atoms with Crippen molar-refractivity contribution < 1.29 is 14.0 Å². The Morgan fingerprint density at radius 3 is 2.60 bits per heavy atom. The van der Waals surface area contributed by atoms with Gasteiger partial charge in [-0.25, -0.2) is 4.39 Å². The van der Waals surface area contributed by atoms with Gasteiger partial charge in [-0.15, -0.1) is 0 Å². The van der Waals surface area contributed by atoms with Crippen molar-refractivity contribution in [2.75, 3.05) is 26.2 Å². The molecular formula is C19H22FN3O2. The van der Waals surface area contributed by atoms with Gasteiger partial charge in [0.1, 0.15) is 11.5 Å². The number of nitrogens with one attached hydrogen (secondary N) is 1. The van der Waals surface area contributed by atoms with Crippen LogP contribution in [0.15, 0.2) is 24.3 Å². The largest absolute Gasteiger partial charge is 0.350 e. The SMILES string of the molecule is O=C(c1cc2c(F)cccc2[nH]1)N1CCCC(C(=O)N2CCCC2)C1. The van der Waals surface area contributed by atoms with Gasteiger partial charge in [-0.1, -0.05) is 6.07 Å². The molecule has 2 aromatic rings. The van der Waals surface area contributed by atoms with Crippen LogP contribution in [-0.4, -0.2) is 52.8 Å². The van der Waals surface area contributed by atoms with E-state index in [1.165, 1.54) is 6.07 Å². The van der Waals surface area contributed by atoms with Gasteiger partial charge in [0.25, 0.3) is 5.91 Å². The number of piperidine rings is 1. The van der Waals surface area contributed by atoms with E-state index < -0.39 is 0 Å². The Labute approximate surface area is 145 Å². The van der Waals surface area contributed by atoms with Crippen molar-refractivity contribution in [3.8, 4) is 0 Å². The van der Waals surface area contributed by atoms with Gasteiger partial charge in [-0.05, 0) is 43.9 Å². The minimum Gasteiger partial charge on any atom is -0.350 e. The summed E-state index contributed by atoms with van der Waals surface area (Å²) in [6, 6.07) is 6.33. The molecule has 2 amide bonds. The van der Waals surface area contributed by atoms with Crippen molar-refractivity contribution in [2.24, 2.45) is 5.92 Å². The molecule has 6 heteroatoms. The van der Waals surface area contributed by atoms with Crippen molar-refractivity contribution >= 4 is 22.7 Å². The number of hydrogen-bond acceptors (Lipinski definition) is 2. The van der Waals surface area contributed by atoms with Crippen molar-refractivity contribution in [1.82, 2.24) is 14.8 Å². The number of carbonyl (C=O) groups excluding carboxylic acids is 2. The predicted octanol–water partition coefficient (Wildman–Crippen LogP) is 2.78. The lowest BCUT2D eigenvalue weighted by molar-refractivity contribution is -0.135. The number of nitrogens with zero attached hydrogens (tertiary/aromatic N) is 2. The summed E-state index contributed by atoms with van der Waals surface area (Å²) in [5.41, 5.74) is 0.999. The van der Waals surface area contributed by atoms with Crippen LogP contribution in [0.3, 0.4) is 0 Å². The molecule has 1 aromatic heterocycles. The zero-order chi connectivity index (χ0) is 17.4. The first-order chi connectivity index (χ1) is 12.1. The molecule has 2 aliphatic heterocycles. The quantitative estimate of drug-likeness (QED) is 0.912. The van der Waals surface area contributed by atoms with Gasteiger partial charge in [-0.3, -0.25) is 9.59 Å². The number of halogens is 1. The zero-order valence-corrected chi connectivity index (χ0v) is 14.1. The van der Waals surface area contributed by atoms with Gasteiger partial charge in [0.15, 0.2) is 0 Å². The summed E-state index contributed by atoms with van der Waals surface area (Å²) < 4.78 is 13.9. The predicted molar refractivity (Wildman–Crippen MR) is 92.7 cm³/mol. The Hall–Kier alpha value is -2.37. The molecule has 0 saturated carbocycles. The standard InChI is InChI=1S/C19H22FN3O2/c20-15-6-3-7-16-14(15)11-17(21-16)19(25)23-10-4-5-13(12-23)18(24)22-8-1-2-9-22/h3,6-7,11,13,21H,1-2,4-5,8-10,12H2. The maximum absolute atomic E-state index is 13.9. The number of carbonyl (C=O) groups is 2. The molecule has 25 heavy (non-hydrogen) atoms. The van der Waals surface area contributed by atoms with E-state index in [4.69, 9.17) is 0 Å². The minimum absolute atomic E-state index is 0.114. The fraction of sp³-hybridized carbons (Fsp3) is 0.474. The highest BCUT2D eigenvalue weighted by atomic mass is 19.1. The number of fused-ring (bicyclic) bond motifs is 1. The first-order valence-corrected chi connectivity index (χ1v) is 8.99. The van der Waals surface area contributed by atoms with Crippen molar-refractivity contribution in [1.29, 1.82) is 0 Å². The van der Waals surface area contributed by atoms with E-state index in [0.717, 1.165) is 38.8 Å². The third-order valence-electron chi connectivity index (χ3n) is 5.32. The molecule has 1 aromatic carbocycles. The van der Waals surface area contributed by atoms with Crippen LogP contribution >= 0.6 is 0 Å². The second-order valence-corrected chi connectivity index (χ2v) is 7.01. The Bertz CT molecular complexity index is 810. The number of hydrogen-bond donors (Lipinski definition) is 1. The lowest BCUT2D eigenvalue weighted by atomic mass is 9.96. The number of amides is 2. The fourth-order valence-electron chi connectivity index (χ4n) is 3.96. The Balaban J connectivity index is 1.50. The maximum atomic E-state index is 13.9. The van der Waals surface area contributed by atoms with Gasteiger partial charge in [0, 0.05) is 37.1 Å². The molecule has 3 heterocycles. The van der Waals surface area contributed by atoms with Crippen LogP contribution in [0.25, 0.3) is 10.9 Å². The van der Waals surface area contributed by atoms with Crippen LogP contribution in [0.2, 0.25) is 0 Å². The number of rotatable bonds is 2. The van der Waals surface area contributed by atoms with E-state index in [9.17, 15) is 14.0 Å². The van der Waals surface area contributed by atoms with E-state index in [2.05, 4.69) is 4.98 Å². The van der Waals surface area contributed by atoms with Gasteiger partial charge in [0.05, 0.1) is 5.92 Å². The van der Waals surface area contributed by atoms with E-state index >= 15 is 0 Å². The van der Waals surface area contributed by atoms with E-state index in [0.29, 0.717) is 29.7 Å². The lowest BCUT2D eigenvalue weighted by Crippen LogP contribution is -2.46. The Kier molecular flexibility index (Phi) is 4.19. The molecule has 1 unspecified atom stereocenters. The molecule has 2 saturated heterocycles. The van der Waals surface area contributed by atoms with Gasteiger partial charge >= 0.3 is 0 Å². The van der Waals surface area contributed by atoms with E-state index in [1.807, 2.05) is 4.90 Å². The van der Waals surface area contributed by atoms with Gasteiger partial charge < -0.3 is 14.8 Å². The highest BCUT2D eigenvalue weighted by molar-refractivity contribution is 5.98. The Morgan fingerprint density at radius 2 is 1.84 bits per heavy atom. The third kappa shape index (κ3) is 3.01. The molecule has 132 valence electrons. The maximum Gasteiger partial charge on any atom is 0.270 e. The monoisotopic (exact) mass is 343 g/mol. The van der Waals surface area contributed by atoms with Crippen molar-refractivity contribution in [2.45, 2.75) is 25.7 Å². The van der Waals surface area contributed by atoms with E-state index in [1.54, 1.807) is 23.1 Å². The second-order valence-electron chi connectivity index (χ2n) is 7.01. The number of likely N-dealkylation sites (tertiary alicyclic amines) is 2. The minimum atomic E-state index is -0.339. The van der Waals surface area contributed by atoms with Crippen molar-refractivity contribution in [3.05, 3.63) is 35.8 Å². The molecule has 2 aliphatic rings. The topological polar surface area (TPSA) is 56.4 Å². The van der Waals surface area contributed by atoms with Crippen LogP contribution in [0.1, 0.15) is 36.2 Å². The zero-order valence-electron chi connectivity index (χ0n) is 14.1. The van der Waals surface area contributed by atoms with E-state index in [-0.39, 0.29) is 23.5 Å². The number of aromatic amines is 1. The molecule has 0 radical (unpaired) electrons. The summed E-state index contributed by atoms with van der Waals surface area (Å²) in [6.07, 6.45) is 3.80. The molecule has 1 N–H and O–H groups in total. The molecule has 4 rings (SSSR count). The summed E-state index contributed by atoms with van der Waals surface area (Å²) >= 11 is 0. The molecule has 0 bridgehead atoms. The molecule has 0 spiro atoms. The molecule has 5 nitrogen and oxygen atoms in total. The normalized spacial score (nSPS) is 21.1. The molecule has 2 fully saturated rings. The van der Waals surface area contributed by atoms with Gasteiger partial charge in [-0.2, -0.15) is 0 Å². The number of benzene rings is 1. The highest BCUT2D eigenvalue weighted by Crippen LogP contribution is 2.24. The summed E-state index contributed by atoms with van der Waals surface area (Å²) in [4.78, 5) is 32.1. The third-order valence-corrected chi connectivity index (χ3v) is 5.32. The average molecular weight is 343 g/mol. The number of H-pyrrole nitrogens is 1. The Morgan fingerprint density at radius 1 is 1.08 bits per heavy atom. The smallest absolute Gasteiger partial charge is 0.270 e. The average Bonchev–Trinajstić information content (AvgIpc) is 3.31. The lowest BCUT2D eigenvalue weighted by Gasteiger charge is -2.33. The van der Waals surface area contributed by atoms with Crippen LogP contribution in [0.5, 0.6) is 0 Å². The van der Waals surface area contributed by atoms with Crippen LogP contribution in [0.4, 0.5) is 4.39 Å². The van der Waals surface area contributed by atoms with Gasteiger partial charge in [0.2, 0.25) is 5.91 Å². The highest BCUT2D eigenvalue weighted by Gasteiger charge is 2.32. The molecule has 1 atom stereocenters. The first kappa shape index (κ1) is 16.1. The van der Waals surface area contributed by atoms with Crippen LogP contribution in [-0.2, 0) is 4.79 Å².